The van der Waals surface area contributed by atoms with Gasteiger partial charge in [0.05, 0.1) is 0 Å². The van der Waals surface area contributed by atoms with E-state index in [-0.39, 0.29) is 0 Å². The summed E-state index contributed by atoms with van der Waals surface area (Å²) in [6.07, 6.45) is 2.52. The summed E-state index contributed by atoms with van der Waals surface area (Å²) >= 11 is 0. The number of likely N-dealkylation sites (N-methyl/N-ethyl adjacent to an activating group) is 2. The topological polar surface area (TPSA) is 15.3 Å². The van der Waals surface area contributed by atoms with E-state index in [2.05, 4.69) is 37.7 Å². The van der Waals surface area contributed by atoms with Crippen molar-refractivity contribution in [2.75, 3.05) is 27.2 Å². The molecular formula is C11H24N2. The Morgan fingerprint density at radius 1 is 1.54 bits per heavy atom. The van der Waals surface area contributed by atoms with E-state index in [1.807, 2.05) is 7.05 Å². The van der Waals surface area contributed by atoms with Crippen molar-refractivity contribution < 1.29 is 0 Å². The maximum Gasteiger partial charge on any atom is 0.0202 e. The van der Waals surface area contributed by atoms with E-state index in [4.69, 9.17) is 0 Å². The van der Waals surface area contributed by atoms with Crippen LogP contribution >= 0.6 is 0 Å². The van der Waals surface area contributed by atoms with Crippen molar-refractivity contribution in [1.82, 2.24) is 10.2 Å². The van der Waals surface area contributed by atoms with Crippen LogP contribution in [-0.4, -0.2) is 38.1 Å². The summed E-state index contributed by atoms with van der Waals surface area (Å²) in [4.78, 5) is 2.36. The molecule has 0 radical (unpaired) electrons. The molecule has 1 unspecified atom stereocenters. The zero-order chi connectivity index (χ0) is 10.3. The molecule has 0 saturated carbocycles. The molecule has 0 aliphatic carbocycles. The number of nitrogens with zero attached hydrogens (tertiary/aromatic N) is 1. The lowest BCUT2D eigenvalue weighted by Gasteiger charge is -2.25. The second-order valence-corrected chi connectivity index (χ2v) is 3.83. The smallest absolute Gasteiger partial charge is 0.0202 e. The van der Waals surface area contributed by atoms with E-state index in [9.17, 15) is 0 Å². The van der Waals surface area contributed by atoms with Gasteiger partial charge in [-0.1, -0.05) is 19.9 Å². The Morgan fingerprint density at radius 2 is 2.15 bits per heavy atom. The molecule has 0 aromatic carbocycles. The summed E-state index contributed by atoms with van der Waals surface area (Å²) in [7, 11) is 4.13. The van der Waals surface area contributed by atoms with Crippen LogP contribution in [-0.2, 0) is 0 Å². The first-order chi connectivity index (χ1) is 6.11. The van der Waals surface area contributed by atoms with E-state index < -0.39 is 0 Å². The van der Waals surface area contributed by atoms with E-state index in [1.165, 1.54) is 18.4 Å². The fraction of sp³-hybridized carbons (Fsp3) is 0.818. The fourth-order valence-electron chi connectivity index (χ4n) is 1.45. The molecule has 0 heterocycles. The maximum atomic E-state index is 4.02. The predicted molar refractivity (Wildman–Crippen MR) is 60.1 cm³/mol. The molecule has 0 rings (SSSR count). The van der Waals surface area contributed by atoms with Crippen LogP contribution in [0.25, 0.3) is 0 Å². The van der Waals surface area contributed by atoms with Crippen LogP contribution in [0.1, 0.15) is 26.7 Å². The molecule has 1 atom stereocenters. The Kier molecular flexibility index (Phi) is 6.92. The first kappa shape index (κ1) is 12.7. The van der Waals surface area contributed by atoms with Gasteiger partial charge in [0.25, 0.3) is 0 Å². The van der Waals surface area contributed by atoms with Gasteiger partial charge in [-0.3, -0.25) is 4.90 Å². The summed E-state index contributed by atoms with van der Waals surface area (Å²) < 4.78 is 0. The van der Waals surface area contributed by atoms with Crippen molar-refractivity contribution in [2.24, 2.45) is 0 Å². The van der Waals surface area contributed by atoms with Gasteiger partial charge >= 0.3 is 0 Å². The van der Waals surface area contributed by atoms with Crippen LogP contribution in [0.3, 0.4) is 0 Å². The molecule has 0 aromatic rings. The minimum absolute atomic E-state index is 0.665. The van der Waals surface area contributed by atoms with Gasteiger partial charge in [-0.05, 0) is 33.0 Å². The highest BCUT2D eigenvalue weighted by Crippen LogP contribution is 2.05. The van der Waals surface area contributed by atoms with E-state index >= 15 is 0 Å². The molecule has 13 heavy (non-hydrogen) atoms. The molecular weight excluding hydrogens is 160 g/mol. The van der Waals surface area contributed by atoms with Crippen LogP contribution in [0.2, 0.25) is 0 Å². The fourth-order valence-corrected chi connectivity index (χ4v) is 1.45. The first-order valence-corrected chi connectivity index (χ1v) is 5.13. The van der Waals surface area contributed by atoms with E-state index in [1.54, 1.807) is 0 Å². The normalized spacial score (nSPS) is 13.3. The minimum atomic E-state index is 0.665. The van der Waals surface area contributed by atoms with Crippen molar-refractivity contribution in [3.05, 3.63) is 12.2 Å². The molecule has 0 spiro atoms. The number of nitrogens with one attached hydrogen (secondary N) is 1. The third kappa shape index (κ3) is 5.83. The number of rotatable bonds is 7. The summed E-state index contributed by atoms with van der Waals surface area (Å²) in [5.41, 5.74) is 1.26. The van der Waals surface area contributed by atoms with Crippen molar-refractivity contribution >= 4 is 0 Å². The predicted octanol–water partition coefficient (Wildman–Crippen LogP) is 1.88. The summed E-state index contributed by atoms with van der Waals surface area (Å²) in [6.45, 7) is 10.4. The largest absolute Gasteiger partial charge is 0.316 e. The molecule has 0 saturated heterocycles. The monoisotopic (exact) mass is 184 g/mol. The van der Waals surface area contributed by atoms with Gasteiger partial charge in [0.1, 0.15) is 0 Å². The lowest BCUT2D eigenvalue weighted by molar-refractivity contribution is 0.263. The molecule has 0 aliphatic heterocycles. The van der Waals surface area contributed by atoms with Gasteiger partial charge in [0.2, 0.25) is 0 Å². The average Bonchev–Trinajstić information content (AvgIpc) is 2.05. The van der Waals surface area contributed by atoms with Gasteiger partial charge < -0.3 is 5.32 Å². The number of hydrogen-bond donors (Lipinski definition) is 1. The molecule has 0 amide bonds. The SMILES string of the molecule is C=C(CNC)CN(C)C(C)CCC. The maximum absolute atomic E-state index is 4.02. The molecule has 2 heteroatoms. The standard InChI is InChI=1S/C11H24N2/c1-6-7-11(3)13(5)9-10(2)8-12-4/h11-12H,2,6-9H2,1,3-5H3. The first-order valence-electron chi connectivity index (χ1n) is 5.13. The molecule has 0 fully saturated rings. The molecule has 2 nitrogen and oxygen atoms in total. The summed E-state index contributed by atoms with van der Waals surface area (Å²) in [6, 6.07) is 0.665. The molecule has 0 bridgehead atoms. The third-order valence-corrected chi connectivity index (χ3v) is 2.36. The van der Waals surface area contributed by atoms with Crippen LogP contribution in [0, 0.1) is 0 Å². The second-order valence-electron chi connectivity index (χ2n) is 3.83. The lowest BCUT2D eigenvalue weighted by Crippen LogP contribution is -2.32. The van der Waals surface area contributed by atoms with E-state index in [0.29, 0.717) is 6.04 Å². The number of hydrogen-bond acceptors (Lipinski definition) is 2. The highest BCUT2D eigenvalue weighted by molar-refractivity contribution is 4.99. The lowest BCUT2D eigenvalue weighted by atomic mass is 10.1. The summed E-state index contributed by atoms with van der Waals surface area (Å²) in [5, 5.41) is 3.12. The Bertz CT molecular complexity index is 143. The Balaban J connectivity index is 3.71. The van der Waals surface area contributed by atoms with E-state index in [0.717, 1.165) is 13.1 Å². The van der Waals surface area contributed by atoms with Crippen LogP contribution in [0.15, 0.2) is 12.2 Å². The highest BCUT2D eigenvalue weighted by atomic mass is 15.1. The van der Waals surface area contributed by atoms with Crippen molar-refractivity contribution in [3.8, 4) is 0 Å². The van der Waals surface area contributed by atoms with Gasteiger partial charge in [-0.15, -0.1) is 0 Å². The molecule has 0 aliphatic rings. The Hall–Kier alpha value is -0.340. The van der Waals surface area contributed by atoms with Gasteiger partial charge in [0, 0.05) is 19.1 Å². The minimum Gasteiger partial charge on any atom is -0.316 e. The van der Waals surface area contributed by atoms with Gasteiger partial charge in [0.15, 0.2) is 0 Å². The zero-order valence-corrected chi connectivity index (χ0v) is 9.56. The van der Waals surface area contributed by atoms with Gasteiger partial charge in [-0.25, -0.2) is 0 Å². The van der Waals surface area contributed by atoms with Crippen molar-refractivity contribution in [3.63, 3.8) is 0 Å². The second kappa shape index (κ2) is 7.10. The van der Waals surface area contributed by atoms with Crippen LogP contribution in [0.4, 0.5) is 0 Å². The van der Waals surface area contributed by atoms with Gasteiger partial charge in [-0.2, -0.15) is 0 Å². The summed E-state index contributed by atoms with van der Waals surface area (Å²) in [5.74, 6) is 0. The molecule has 0 aromatic heterocycles. The highest BCUT2D eigenvalue weighted by Gasteiger charge is 2.08. The van der Waals surface area contributed by atoms with Crippen molar-refractivity contribution in [1.29, 1.82) is 0 Å². The molecule has 1 N–H and O–H groups in total. The average molecular weight is 184 g/mol. The molecule has 78 valence electrons. The third-order valence-electron chi connectivity index (χ3n) is 2.36. The van der Waals surface area contributed by atoms with Crippen molar-refractivity contribution in [2.45, 2.75) is 32.7 Å². The van der Waals surface area contributed by atoms with Crippen LogP contribution in [0.5, 0.6) is 0 Å². The zero-order valence-electron chi connectivity index (χ0n) is 9.56. The quantitative estimate of drug-likeness (QED) is 0.608. The Morgan fingerprint density at radius 3 is 2.62 bits per heavy atom. The van der Waals surface area contributed by atoms with Crippen LogP contribution < -0.4 is 5.32 Å². The Labute approximate surface area is 83.0 Å².